The lowest BCUT2D eigenvalue weighted by Crippen LogP contribution is -2.10. The van der Waals surface area contributed by atoms with Crippen molar-refractivity contribution >= 4 is 10.9 Å². The van der Waals surface area contributed by atoms with E-state index in [2.05, 4.69) is 18.4 Å². The van der Waals surface area contributed by atoms with Gasteiger partial charge in [-0.05, 0) is 44.5 Å². The number of benzene rings is 1. The second-order valence-corrected chi connectivity index (χ2v) is 4.40. The molecule has 2 rings (SSSR count). The molecule has 86 valence electrons. The summed E-state index contributed by atoms with van der Waals surface area (Å²) in [5.74, 6) is -0.194. The van der Waals surface area contributed by atoms with Gasteiger partial charge in [0.25, 0.3) is 0 Å². The largest absolute Gasteiger partial charge is 0.341 e. The molecule has 0 fully saturated rings. The highest BCUT2D eigenvalue weighted by molar-refractivity contribution is 5.85. The summed E-state index contributed by atoms with van der Waals surface area (Å²) < 4.78 is 15.4. The Morgan fingerprint density at radius 2 is 2.06 bits per heavy atom. The zero-order valence-corrected chi connectivity index (χ0v) is 9.92. The molecule has 1 aromatic carbocycles. The highest BCUT2D eigenvalue weighted by Crippen LogP contribution is 2.29. The van der Waals surface area contributed by atoms with Gasteiger partial charge in [0.15, 0.2) is 0 Å². The fourth-order valence-corrected chi connectivity index (χ4v) is 2.34. The molecule has 0 aliphatic heterocycles. The van der Waals surface area contributed by atoms with Crippen molar-refractivity contribution in [1.82, 2.24) is 4.57 Å². The quantitative estimate of drug-likeness (QED) is 0.828. The molecule has 0 saturated carbocycles. The first-order valence-electron chi connectivity index (χ1n) is 5.55. The van der Waals surface area contributed by atoms with Gasteiger partial charge in [0.05, 0.1) is 0 Å². The second-order valence-electron chi connectivity index (χ2n) is 4.40. The Labute approximate surface area is 94.9 Å². The summed E-state index contributed by atoms with van der Waals surface area (Å²) in [5, 5.41) is 0.967. The summed E-state index contributed by atoms with van der Waals surface area (Å²) >= 11 is 0. The van der Waals surface area contributed by atoms with Crippen LogP contribution < -0.4 is 5.73 Å². The van der Waals surface area contributed by atoms with E-state index in [0.29, 0.717) is 12.6 Å². The average Bonchev–Trinajstić information content (AvgIpc) is 2.51. The molecule has 0 aliphatic carbocycles. The molecule has 0 radical (unpaired) electrons. The third kappa shape index (κ3) is 1.52. The lowest BCUT2D eigenvalue weighted by Gasteiger charge is -2.13. The van der Waals surface area contributed by atoms with Gasteiger partial charge in [0.1, 0.15) is 5.82 Å². The summed E-state index contributed by atoms with van der Waals surface area (Å²) in [4.78, 5) is 0. The summed E-state index contributed by atoms with van der Waals surface area (Å²) in [6.45, 7) is 6.71. The molecule has 0 amide bonds. The van der Waals surface area contributed by atoms with Crippen molar-refractivity contribution in [3.8, 4) is 0 Å². The van der Waals surface area contributed by atoms with Crippen LogP contribution in [-0.4, -0.2) is 4.57 Å². The van der Waals surface area contributed by atoms with Gasteiger partial charge in [0.2, 0.25) is 0 Å². The molecule has 2 nitrogen and oxygen atoms in total. The van der Waals surface area contributed by atoms with Gasteiger partial charge in [-0.2, -0.15) is 0 Å². The Morgan fingerprint density at radius 1 is 1.38 bits per heavy atom. The minimum Gasteiger partial charge on any atom is -0.341 e. The SMILES string of the molecule is Cc1c(CN)n(C(C)C)c2ccc(F)cc12. The molecule has 16 heavy (non-hydrogen) atoms. The molecule has 3 heteroatoms. The fraction of sp³-hybridized carbons (Fsp3) is 0.385. The van der Waals surface area contributed by atoms with Crippen molar-refractivity contribution in [1.29, 1.82) is 0 Å². The number of fused-ring (bicyclic) bond motifs is 1. The monoisotopic (exact) mass is 220 g/mol. The standard InChI is InChI=1S/C13H17FN2/c1-8(2)16-12-5-4-10(14)6-11(12)9(3)13(16)7-15/h4-6,8H,7,15H2,1-3H3. The van der Waals surface area contributed by atoms with Crippen molar-refractivity contribution in [2.24, 2.45) is 5.73 Å². The van der Waals surface area contributed by atoms with E-state index in [-0.39, 0.29) is 5.82 Å². The zero-order chi connectivity index (χ0) is 11.9. The number of nitrogens with zero attached hydrogens (tertiary/aromatic N) is 1. The molecular weight excluding hydrogens is 203 g/mol. The molecule has 0 spiro atoms. The molecule has 0 unspecified atom stereocenters. The number of rotatable bonds is 2. The zero-order valence-electron chi connectivity index (χ0n) is 9.92. The molecule has 1 aromatic heterocycles. The van der Waals surface area contributed by atoms with E-state index < -0.39 is 0 Å². The van der Waals surface area contributed by atoms with E-state index in [1.165, 1.54) is 6.07 Å². The van der Waals surface area contributed by atoms with Crippen molar-refractivity contribution in [2.45, 2.75) is 33.4 Å². The maximum absolute atomic E-state index is 13.2. The minimum atomic E-state index is -0.194. The van der Waals surface area contributed by atoms with Crippen LogP contribution in [0.4, 0.5) is 4.39 Å². The van der Waals surface area contributed by atoms with Crippen LogP contribution in [0.25, 0.3) is 10.9 Å². The second kappa shape index (κ2) is 3.91. The summed E-state index contributed by atoms with van der Waals surface area (Å²) in [7, 11) is 0. The molecule has 0 atom stereocenters. The smallest absolute Gasteiger partial charge is 0.123 e. The van der Waals surface area contributed by atoms with E-state index in [0.717, 1.165) is 22.2 Å². The van der Waals surface area contributed by atoms with Gasteiger partial charge >= 0.3 is 0 Å². The third-order valence-electron chi connectivity index (χ3n) is 3.06. The van der Waals surface area contributed by atoms with E-state index in [4.69, 9.17) is 5.73 Å². The molecule has 0 bridgehead atoms. The van der Waals surface area contributed by atoms with Crippen LogP contribution in [0.2, 0.25) is 0 Å². The van der Waals surface area contributed by atoms with E-state index in [1.54, 1.807) is 6.07 Å². The van der Waals surface area contributed by atoms with Crippen LogP contribution in [0, 0.1) is 12.7 Å². The Morgan fingerprint density at radius 3 is 2.62 bits per heavy atom. The first-order chi connectivity index (χ1) is 7.56. The van der Waals surface area contributed by atoms with Gasteiger partial charge in [0, 0.05) is 29.2 Å². The Hall–Kier alpha value is -1.35. The Bertz CT molecular complexity index is 526. The molecule has 1 heterocycles. The number of hydrogen-bond donors (Lipinski definition) is 1. The maximum atomic E-state index is 13.2. The number of nitrogens with two attached hydrogens (primary N) is 1. The van der Waals surface area contributed by atoms with Gasteiger partial charge in [-0.1, -0.05) is 0 Å². The number of aromatic nitrogens is 1. The minimum absolute atomic E-state index is 0.194. The first kappa shape index (κ1) is 11.1. The highest BCUT2D eigenvalue weighted by atomic mass is 19.1. The Balaban J connectivity index is 2.86. The lowest BCUT2D eigenvalue weighted by atomic mass is 10.1. The molecule has 2 N–H and O–H groups in total. The van der Waals surface area contributed by atoms with Crippen molar-refractivity contribution in [3.63, 3.8) is 0 Å². The normalized spacial score (nSPS) is 11.6. The third-order valence-corrected chi connectivity index (χ3v) is 3.06. The van der Waals surface area contributed by atoms with Crippen LogP contribution in [0.1, 0.15) is 31.1 Å². The van der Waals surface area contributed by atoms with Gasteiger partial charge < -0.3 is 10.3 Å². The van der Waals surface area contributed by atoms with E-state index in [9.17, 15) is 4.39 Å². The predicted molar refractivity (Wildman–Crippen MR) is 64.9 cm³/mol. The average molecular weight is 220 g/mol. The number of aryl methyl sites for hydroxylation is 1. The summed E-state index contributed by atoms with van der Waals surface area (Å²) in [6, 6.07) is 5.25. The number of hydrogen-bond acceptors (Lipinski definition) is 1. The molecular formula is C13H17FN2. The van der Waals surface area contributed by atoms with Gasteiger partial charge in [-0.3, -0.25) is 0 Å². The van der Waals surface area contributed by atoms with Crippen molar-refractivity contribution < 1.29 is 4.39 Å². The van der Waals surface area contributed by atoms with Crippen molar-refractivity contribution in [2.75, 3.05) is 0 Å². The van der Waals surface area contributed by atoms with Crippen LogP contribution in [-0.2, 0) is 6.54 Å². The topological polar surface area (TPSA) is 30.9 Å². The molecule has 2 aromatic rings. The lowest BCUT2D eigenvalue weighted by molar-refractivity contribution is 0.592. The van der Waals surface area contributed by atoms with Gasteiger partial charge in [-0.25, -0.2) is 4.39 Å². The van der Waals surface area contributed by atoms with Crippen LogP contribution in [0.15, 0.2) is 18.2 Å². The number of halogens is 1. The summed E-state index contributed by atoms with van der Waals surface area (Å²) in [5.41, 5.74) is 9.02. The van der Waals surface area contributed by atoms with Crippen molar-refractivity contribution in [3.05, 3.63) is 35.3 Å². The first-order valence-corrected chi connectivity index (χ1v) is 5.55. The van der Waals surface area contributed by atoms with E-state index in [1.807, 2.05) is 13.0 Å². The fourth-order valence-electron chi connectivity index (χ4n) is 2.34. The highest BCUT2D eigenvalue weighted by Gasteiger charge is 2.15. The molecule has 0 saturated heterocycles. The van der Waals surface area contributed by atoms with E-state index >= 15 is 0 Å². The molecule has 0 aliphatic rings. The Kier molecular flexibility index (Phi) is 2.72. The van der Waals surface area contributed by atoms with Crippen LogP contribution in [0.3, 0.4) is 0 Å². The predicted octanol–water partition coefficient (Wildman–Crippen LogP) is 3.13. The van der Waals surface area contributed by atoms with Gasteiger partial charge in [-0.15, -0.1) is 0 Å². The maximum Gasteiger partial charge on any atom is 0.123 e. The van der Waals surface area contributed by atoms with Crippen LogP contribution >= 0.6 is 0 Å². The van der Waals surface area contributed by atoms with Crippen LogP contribution in [0.5, 0.6) is 0 Å². The summed E-state index contributed by atoms with van der Waals surface area (Å²) in [6.07, 6.45) is 0.